The second-order valence-corrected chi connectivity index (χ2v) is 3.79. The Morgan fingerprint density at radius 1 is 1.22 bits per heavy atom. The summed E-state index contributed by atoms with van der Waals surface area (Å²) in [5, 5.41) is 1.62. The van der Waals surface area contributed by atoms with Crippen molar-refractivity contribution in [2.24, 2.45) is 5.73 Å². The Bertz CT molecular complexity index is 566. The van der Waals surface area contributed by atoms with Gasteiger partial charge in [0.15, 0.2) is 6.29 Å². The molecule has 0 aliphatic carbocycles. The molecular weight excluding hydrogens is 230 g/mol. The van der Waals surface area contributed by atoms with Crippen LogP contribution in [0.5, 0.6) is 11.5 Å². The minimum atomic E-state index is 0.411. The topological polar surface area (TPSA) is 61.5 Å². The average Bonchev–Trinajstić information content (AvgIpc) is 2.43. The van der Waals surface area contributed by atoms with Crippen molar-refractivity contribution >= 4 is 17.1 Å². The predicted octanol–water partition coefficient (Wildman–Crippen LogP) is 2.00. The van der Waals surface area contributed by atoms with E-state index in [1.54, 1.807) is 19.2 Å². The molecule has 0 aliphatic heterocycles. The molecule has 2 N–H and O–H groups in total. The molecule has 0 heterocycles. The normalized spacial score (nSPS) is 10.3. The fourth-order valence-electron chi connectivity index (χ4n) is 1.94. The van der Waals surface area contributed by atoms with Crippen LogP contribution in [0.2, 0.25) is 0 Å². The molecule has 0 aliphatic rings. The SMILES string of the molecule is COc1ccc(C=O)c2c(OCCN)cccc12. The molecule has 0 saturated carbocycles. The Morgan fingerprint density at radius 3 is 2.72 bits per heavy atom. The number of methoxy groups -OCH3 is 1. The third kappa shape index (κ3) is 2.15. The molecule has 2 aromatic carbocycles. The molecule has 0 spiro atoms. The summed E-state index contributed by atoms with van der Waals surface area (Å²) >= 11 is 0. The third-order valence-corrected chi connectivity index (χ3v) is 2.72. The van der Waals surface area contributed by atoms with Gasteiger partial charge in [-0.3, -0.25) is 4.79 Å². The van der Waals surface area contributed by atoms with Gasteiger partial charge >= 0.3 is 0 Å². The molecule has 0 unspecified atom stereocenters. The van der Waals surface area contributed by atoms with Gasteiger partial charge in [-0.2, -0.15) is 0 Å². The number of carbonyl (C=O) groups is 1. The molecule has 0 atom stereocenters. The first kappa shape index (κ1) is 12.4. The number of nitrogens with two attached hydrogens (primary N) is 1. The smallest absolute Gasteiger partial charge is 0.150 e. The van der Waals surface area contributed by atoms with Crippen molar-refractivity contribution in [3.63, 3.8) is 0 Å². The second-order valence-electron chi connectivity index (χ2n) is 3.79. The van der Waals surface area contributed by atoms with E-state index < -0.39 is 0 Å². The van der Waals surface area contributed by atoms with Crippen LogP contribution in [-0.2, 0) is 0 Å². The van der Waals surface area contributed by atoms with Gasteiger partial charge in [-0.05, 0) is 18.2 Å². The van der Waals surface area contributed by atoms with E-state index in [1.165, 1.54) is 0 Å². The molecule has 2 aromatic rings. The van der Waals surface area contributed by atoms with Gasteiger partial charge in [-0.25, -0.2) is 0 Å². The molecular formula is C14H15NO3. The Morgan fingerprint density at radius 2 is 2.06 bits per heavy atom. The lowest BCUT2D eigenvalue weighted by Gasteiger charge is -2.12. The summed E-state index contributed by atoms with van der Waals surface area (Å²) in [6.45, 7) is 0.839. The molecule has 18 heavy (non-hydrogen) atoms. The van der Waals surface area contributed by atoms with E-state index in [9.17, 15) is 4.79 Å². The van der Waals surface area contributed by atoms with Crippen LogP contribution < -0.4 is 15.2 Å². The molecule has 4 nitrogen and oxygen atoms in total. The molecule has 2 rings (SSSR count). The van der Waals surface area contributed by atoms with Crippen LogP contribution in [0.4, 0.5) is 0 Å². The molecule has 0 amide bonds. The Labute approximate surface area is 105 Å². The van der Waals surface area contributed by atoms with Crippen LogP contribution in [-0.4, -0.2) is 26.5 Å². The summed E-state index contributed by atoms with van der Waals surface area (Å²) < 4.78 is 10.9. The Hall–Kier alpha value is -2.07. The molecule has 4 heteroatoms. The number of hydrogen-bond donors (Lipinski definition) is 1. The van der Waals surface area contributed by atoms with E-state index >= 15 is 0 Å². The lowest BCUT2D eigenvalue weighted by atomic mass is 10.0. The van der Waals surface area contributed by atoms with E-state index in [2.05, 4.69) is 0 Å². The summed E-state index contributed by atoms with van der Waals surface area (Å²) in [7, 11) is 1.60. The summed E-state index contributed by atoms with van der Waals surface area (Å²) in [5.41, 5.74) is 6.01. The molecule has 94 valence electrons. The highest BCUT2D eigenvalue weighted by Crippen LogP contribution is 2.34. The zero-order valence-electron chi connectivity index (χ0n) is 10.2. The summed E-state index contributed by atoms with van der Waals surface area (Å²) in [6, 6.07) is 9.09. The minimum Gasteiger partial charge on any atom is -0.496 e. The van der Waals surface area contributed by atoms with Gasteiger partial charge in [-0.15, -0.1) is 0 Å². The fourth-order valence-corrected chi connectivity index (χ4v) is 1.94. The van der Waals surface area contributed by atoms with Crippen molar-refractivity contribution in [3.05, 3.63) is 35.9 Å². The lowest BCUT2D eigenvalue weighted by Crippen LogP contribution is -2.11. The maximum Gasteiger partial charge on any atom is 0.150 e. The largest absolute Gasteiger partial charge is 0.496 e. The first-order valence-electron chi connectivity index (χ1n) is 5.69. The molecule has 0 bridgehead atoms. The maximum absolute atomic E-state index is 11.1. The highest BCUT2D eigenvalue weighted by atomic mass is 16.5. The second kappa shape index (κ2) is 5.51. The highest BCUT2D eigenvalue weighted by molar-refractivity contribution is 6.04. The number of benzene rings is 2. The first-order chi connectivity index (χ1) is 8.81. The van der Waals surface area contributed by atoms with Gasteiger partial charge in [-0.1, -0.05) is 12.1 Å². The molecule has 0 saturated heterocycles. The van der Waals surface area contributed by atoms with Crippen LogP contribution in [0.1, 0.15) is 10.4 Å². The summed E-state index contributed by atoms with van der Waals surface area (Å²) in [4.78, 5) is 11.1. The van der Waals surface area contributed by atoms with E-state index in [1.807, 2.05) is 18.2 Å². The molecule has 0 fully saturated rings. The van der Waals surface area contributed by atoms with Gasteiger partial charge in [0, 0.05) is 22.9 Å². The number of ether oxygens (including phenoxy) is 2. The predicted molar refractivity (Wildman–Crippen MR) is 70.4 cm³/mol. The van der Waals surface area contributed by atoms with Crippen molar-refractivity contribution in [1.82, 2.24) is 0 Å². The van der Waals surface area contributed by atoms with Gasteiger partial charge in [0.25, 0.3) is 0 Å². The van der Waals surface area contributed by atoms with Crippen molar-refractivity contribution in [1.29, 1.82) is 0 Å². The Balaban J connectivity index is 2.67. The van der Waals surface area contributed by atoms with E-state index in [0.717, 1.165) is 17.1 Å². The zero-order valence-corrected chi connectivity index (χ0v) is 10.2. The van der Waals surface area contributed by atoms with Crippen LogP contribution >= 0.6 is 0 Å². The van der Waals surface area contributed by atoms with Crippen molar-refractivity contribution < 1.29 is 14.3 Å². The Kier molecular flexibility index (Phi) is 3.79. The number of rotatable bonds is 5. The average molecular weight is 245 g/mol. The zero-order chi connectivity index (χ0) is 13.0. The van der Waals surface area contributed by atoms with E-state index in [4.69, 9.17) is 15.2 Å². The maximum atomic E-state index is 11.1. The first-order valence-corrected chi connectivity index (χ1v) is 5.69. The van der Waals surface area contributed by atoms with Gasteiger partial charge in [0.05, 0.1) is 7.11 Å². The summed E-state index contributed by atoms with van der Waals surface area (Å²) in [6.07, 6.45) is 0.817. The fraction of sp³-hybridized carbons (Fsp3) is 0.214. The summed E-state index contributed by atoms with van der Waals surface area (Å²) in [5.74, 6) is 1.37. The van der Waals surface area contributed by atoms with Gasteiger partial charge in [0.2, 0.25) is 0 Å². The molecule has 0 radical (unpaired) electrons. The van der Waals surface area contributed by atoms with E-state index in [0.29, 0.717) is 30.2 Å². The van der Waals surface area contributed by atoms with Crippen molar-refractivity contribution in [2.75, 3.05) is 20.3 Å². The van der Waals surface area contributed by atoms with Crippen LogP contribution in [0.3, 0.4) is 0 Å². The van der Waals surface area contributed by atoms with Crippen molar-refractivity contribution in [3.8, 4) is 11.5 Å². The van der Waals surface area contributed by atoms with Crippen LogP contribution in [0, 0.1) is 0 Å². The van der Waals surface area contributed by atoms with E-state index in [-0.39, 0.29) is 0 Å². The number of hydrogen-bond acceptors (Lipinski definition) is 4. The third-order valence-electron chi connectivity index (χ3n) is 2.72. The number of aldehydes is 1. The van der Waals surface area contributed by atoms with Gasteiger partial charge < -0.3 is 15.2 Å². The number of carbonyl (C=O) groups excluding carboxylic acids is 1. The minimum absolute atomic E-state index is 0.411. The highest BCUT2D eigenvalue weighted by Gasteiger charge is 2.10. The monoisotopic (exact) mass is 245 g/mol. The van der Waals surface area contributed by atoms with Crippen molar-refractivity contribution in [2.45, 2.75) is 0 Å². The van der Waals surface area contributed by atoms with Crippen LogP contribution in [0.25, 0.3) is 10.8 Å². The van der Waals surface area contributed by atoms with Gasteiger partial charge in [0.1, 0.15) is 18.1 Å². The number of fused-ring (bicyclic) bond motifs is 1. The quantitative estimate of drug-likeness (QED) is 0.818. The van der Waals surface area contributed by atoms with Crippen LogP contribution in [0.15, 0.2) is 30.3 Å². The lowest BCUT2D eigenvalue weighted by molar-refractivity contribution is 0.112. The molecule has 0 aromatic heterocycles. The standard InChI is InChI=1S/C14H15NO3/c1-17-12-6-5-10(9-16)14-11(12)3-2-4-13(14)18-8-7-15/h2-6,9H,7-8,15H2,1H3.